The second-order valence-corrected chi connectivity index (χ2v) is 5.56. The number of nitrogens with one attached hydrogen (secondary N) is 1. The highest BCUT2D eigenvalue weighted by Gasteiger charge is 2.09. The van der Waals surface area contributed by atoms with Gasteiger partial charge in [-0.25, -0.2) is 0 Å². The van der Waals surface area contributed by atoms with Crippen LogP contribution < -0.4 is 5.32 Å². The number of rotatable bonds is 5. The Morgan fingerprint density at radius 1 is 1.33 bits per heavy atom. The summed E-state index contributed by atoms with van der Waals surface area (Å²) in [5, 5.41) is 14.4. The summed E-state index contributed by atoms with van der Waals surface area (Å²) in [4.78, 5) is 0. The molecule has 0 radical (unpaired) electrons. The molecule has 0 amide bonds. The third-order valence-corrected chi connectivity index (χ3v) is 3.92. The van der Waals surface area contributed by atoms with Crippen LogP contribution in [0.1, 0.15) is 17.5 Å². The summed E-state index contributed by atoms with van der Waals surface area (Å²) in [7, 11) is 0. The maximum absolute atomic E-state index is 6.23. The fourth-order valence-electron chi connectivity index (χ4n) is 1.63. The predicted molar refractivity (Wildman–Crippen MR) is 77.3 cm³/mol. The molecule has 0 atom stereocenters. The van der Waals surface area contributed by atoms with Gasteiger partial charge in [0.2, 0.25) is 0 Å². The average Bonchev–Trinajstić information content (AvgIpc) is 2.78. The van der Waals surface area contributed by atoms with E-state index in [1.54, 1.807) is 11.3 Å². The lowest BCUT2D eigenvalue weighted by atomic mass is 10.2. The Labute approximate surface area is 116 Å². The molecular formula is C13H16ClN3S. The van der Waals surface area contributed by atoms with Crippen molar-refractivity contribution in [2.45, 2.75) is 20.3 Å². The van der Waals surface area contributed by atoms with Crippen LogP contribution >= 0.6 is 22.9 Å². The molecule has 0 aliphatic heterocycles. The standard InChI is InChI=1S/C13H16ClN3S/c1-3-15-7-6-12-16-17-13(18-12)10-5-4-9(2)8-11(10)14/h4-5,8,15H,3,6-7H2,1-2H3. The predicted octanol–water partition coefficient (Wildman–Crippen LogP) is 3.32. The lowest BCUT2D eigenvalue weighted by Gasteiger charge is -2.00. The van der Waals surface area contributed by atoms with Gasteiger partial charge in [-0.2, -0.15) is 0 Å². The number of aromatic nitrogens is 2. The van der Waals surface area contributed by atoms with E-state index in [-0.39, 0.29) is 0 Å². The smallest absolute Gasteiger partial charge is 0.149 e. The van der Waals surface area contributed by atoms with Gasteiger partial charge in [0.15, 0.2) is 0 Å². The van der Waals surface area contributed by atoms with Gasteiger partial charge in [0.1, 0.15) is 10.0 Å². The van der Waals surface area contributed by atoms with Crippen molar-refractivity contribution in [2.24, 2.45) is 0 Å². The van der Waals surface area contributed by atoms with E-state index in [0.29, 0.717) is 0 Å². The minimum Gasteiger partial charge on any atom is -0.317 e. The zero-order valence-electron chi connectivity index (χ0n) is 10.5. The molecule has 1 heterocycles. The molecule has 0 fully saturated rings. The van der Waals surface area contributed by atoms with E-state index < -0.39 is 0 Å². The topological polar surface area (TPSA) is 37.8 Å². The highest BCUT2D eigenvalue weighted by atomic mass is 35.5. The number of nitrogens with zero attached hydrogens (tertiary/aromatic N) is 2. The Morgan fingerprint density at radius 3 is 2.89 bits per heavy atom. The number of aryl methyl sites for hydroxylation is 1. The molecule has 0 saturated carbocycles. The van der Waals surface area contributed by atoms with Crippen LogP contribution in [0.25, 0.3) is 10.6 Å². The minimum atomic E-state index is 0.740. The molecule has 1 aromatic heterocycles. The Kier molecular flexibility index (Phi) is 4.69. The van der Waals surface area contributed by atoms with E-state index in [0.717, 1.165) is 45.7 Å². The van der Waals surface area contributed by atoms with Crippen molar-refractivity contribution in [1.29, 1.82) is 0 Å². The monoisotopic (exact) mass is 281 g/mol. The Bertz CT molecular complexity index is 525. The first kappa shape index (κ1) is 13.5. The number of hydrogen-bond donors (Lipinski definition) is 1. The lowest BCUT2D eigenvalue weighted by Crippen LogP contribution is -2.15. The Morgan fingerprint density at radius 2 is 2.17 bits per heavy atom. The lowest BCUT2D eigenvalue weighted by molar-refractivity contribution is 0.710. The molecule has 0 bridgehead atoms. The van der Waals surface area contributed by atoms with E-state index in [1.807, 2.05) is 25.1 Å². The van der Waals surface area contributed by atoms with Gasteiger partial charge in [-0.15, -0.1) is 10.2 Å². The van der Waals surface area contributed by atoms with Crippen molar-refractivity contribution in [2.75, 3.05) is 13.1 Å². The third kappa shape index (κ3) is 3.28. The maximum Gasteiger partial charge on any atom is 0.149 e. The summed E-state index contributed by atoms with van der Waals surface area (Å²) in [6, 6.07) is 6.00. The fourth-order valence-corrected chi connectivity index (χ4v) is 2.89. The van der Waals surface area contributed by atoms with E-state index in [1.165, 1.54) is 0 Å². The van der Waals surface area contributed by atoms with Crippen molar-refractivity contribution < 1.29 is 0 Å². The van der Waals surface area contributed by atoms with Gasteiger partial charge in [-0.1, -0.05) is 42.0 Å². The average molecular weight is 282 g/mol. The molecule has 3 nitrogen and oxygen atoms in total. The zero-order chi connectivity index (χ0) is 13.0. The summed E-state index contributed by atoms with van der Waals surface area (Å²) in [5.41, 5.74) is 2.12. The highest BCUT2D eigenvalue weighted by Crippen LogP contribution is 2.30. The quantitative estimate of drug-likeness (QED) is 0.855. The molecule has 0 saturated heterocycles. The molecule has 5 heteroatoms. The summed E-state index contributed by atoms with van der Waals surface area (Å²) >= 11 is 7.84. The van der Waals surface area contributed by atoms with Crippen molar-refractivity contribution in [3.05, 3.63) is 33.8 Å². The highest BCUT2D eigenvalue weighted by molar-refractivity contribution is 7.14. The van der Waals surface area contributed by atoms with Crippen molar-refractivity contribution in [1.82, 2.24) is 15.5 Å². The van der Waals surface area contributed by atoms with Crippen molar-refractivity contribution in [3.8, 4) is 10.6 Å². The molecule has 0 spiro atoms. The SMILES string of the molecule is CCNCCc1nnc(-c2ccc(C)cc2Cl)s1. The molecule has 2 aromatic rings. The van der Waals surface area contributed by atoms with Crippen molar-refractivity contribution >= 4 is 22.9 Å². The van der Waals surface area contributed by atoms with Crippen LogP contribution in [-0.2, 0) is 6.42 Å². The minimum absolute atomic E-state index is 0.740. The molecule has 1 N–H and O–H groups in total. The zero-order valence-corrected chi connectivity index (χ0v) is 12.1. The Hall–Kier alpha value is -0.970. The summed E-state index contributed by atoms with van der Waals surface area (Å²) < 4.78 is 0. The van der Waals surface area contributed by atoms with Gasteiger partial charge >= 0.3 is 0 Å². The molecule has 0 aliphatic rings. The molecule has 96 valence electrons. The van der Waals surface area contributed by atoms with Crippen molar-refractivity contribution in [3.63, 3.8) is 0 Å². The first-order chi connectivity index (χ1) is 8.70. The van der Waals surface area contributed by atoms with Crippen LogP contribution in [0.3, 0.4) is 0 Å². The van der Waals surface area contributed by atoms with E-state index in [9.17, 15) is 0 Å². The van der Waals surface area contributed by atoms with Crippen LogP contribution in [0.5, 0.6) is 0 Å². The van der Waals surface area contributed by atoms with E-state index >= 15 is 0 Å². The number of benzene rings is 1. The molecule has 18 heavy (non-hydrogen) atoms. The van der Waals surface area contributed by atoms with Crippen LogP contribution in [-0.4, -0.2) is 23.3 Å². The van der Waals surface area contributed by atoms with Gasteiger partial charge in [0, 0.05) is 18.5 Å². The number of likely N-dealkylation sites (N-methyl/N-ethyl adjacent to an activating group) is 1. The second kappa shape index (κ2) is 6.27. The van der Waals surface area contributed by atoms with Crippen LogP contribution in [0.2, 0.25) is 5.02 Å². The normalized spacial score (nSPS) is 10.8. The number of halogens is 1. The molecular weight excluding hydrogens is 266 g/mol. The second-order valence-electron chi connectivity index (χ2n) is 4.09. The summed E-state index contributed by atoms with van der Waals surface area (Å²) in [6.45, 7) is 6.04. The largest absolute Gasteiger partial charge is 0.317 e. The van der Waals surface area contributed by atoms with Gasteiger partial charge in [-0.05, 0) is 25.1 Å². The van der Waals surface area contributed by atoms with E-state index in [2.05, 4.69) is 22.4 Å². The maximum atomic E-state index is 6.23. The molecule has 2 rings (SSSR count). The molecule has 0 aliphatic carbocycles. The first-order valence-electron chi connectivity index (χ1n) is 6.00. The van der Waals surface area contributed by atoms with Crippen LogP contribution in [0.15, 0.2) is 18.2 Å². The van der Waals surface area contributed by atoms with Gasteiger partial charge in [0.05, 0.1) is 5.02 Å². The van der Waals surface area contributed by atoms with Gasteiger partial charge in [0.25, 0.3) is 0 Å². The number of hydrogen-bond acceptors (Lipinski definition) is 4. The fraction of sp³-hybridized carbons (Fsp3) is 0.385. The molecule has 1 aromatic carbocycles. The third-order valence-electron chi connectivity index (χ3n) is 2.59. The Balaban J connectivity index is 2.13. The summed E-state index contributed by atoms with van der Waals surface area (Å²) in [6.07, 6.45) is 0.912. The molecule has 0 unspecified atom stereocenters. The summed E-state index contributed by atoms with van der Waals surface area (Å²) in [5.74, 6) is 0. The van der Waals surface area contributed by atoms with Gasteiger partial charge < -0.3 is 5.32 Å². The van der Waals surface area contributed by atoms with Gasteiger partial charge in [-0.3, -0.25) is 0 Å². The van der Waals surface area contributed by atoms with Crippen LogP contribution in [0, 0.1) is 6.92 Å². The van der Waals surface area contributed by atoms with Crippen LogP contribution in [0.4, 0.5) is 0 Å². The van der Waals surface area contributed by atoms with E-state index in [4.69, 9.17) is 11.6 Å². The first-order valence-corrected chi connectivity index (χ1v) is 7.19.